The molecule has 3 aliphatic rings. The van der Waals surface area contributed by atoms with Crippen molar-refractivity contribution in [2.75, 3.05) is 5.73 Å². The van der Waals surface area contributed by atoms with Gasteiger partial charge in [0, 0.05) is 23.1 Å². The second-order valence-corrected chi connectivity index (χ2v) is 7.27. The average Bonchev–Trinajstić information content (AvgIpc) is 3.11. The minimum absolute atomic E-state index is 0.207. The van der Waals surface area contributed by atoms with Crippen molar-refractivity contribution in [3.8, 4) is 0 Å². The zero-order valence-electron chi connectivity index (χ0n) is 12.5. The molecular weight excluding hydrogens is 270 g/mol. The summed E-state index contributed by atoms with van der Waals surface area (Å²) in [5.74, 6) is 1.64. The summed E-state index contributed by atoms with van der Waals surface area (Å²) in [7, 11) is 0. The predicted octanol–water partition coefficient (Wildman–Crippen LogP) is 4.23. The molecule has 1 fully saturated rings. The summed E-state index contributed by atoms with van der Waals surface area (Å²) < 4.78 is 0. The minimum Gasteiger partial charge on any atom is -0.399 e. The summed E-state index contributed by atoms with van der Waals surface area (Å²) in [6.07, 6.45) is 8.99. The molecule has 0 radical (unpaired) electrons. The number of benzene rings is 2. The molecule has 3 atom stereocenters. The third kappa shape index (κ3) is 1.48. The first-order valence-corrected chi connectivity index (χ1v) is 8.21. The summed E-state index contributed by atoms with van der Waals surface area (Å²) in [6.45, 7) is 0. The maximum absolute atomic E-state index is 12.5. The van der Waals surface area contributed by atoms with Crippen molar-refractivity contribution < 1.29 is 4.79 Å². The Hall–Kier alpha value is -2.09. The van der Waals surface area contributed by atoms with E-state index in [4.69, 9.17) is 5.73 Å². The highest BCUT2D eigenvalue weighted by atomic mass is 16.1. The number of allylic oxidation sites excluding steroid dienone is 2. The number of rotatable bonds is 0. The maximum Gasteiger partial charge on any atom is 0.163 e. The Labute approximate surface area is 130 Å². The molecule has 1 spiro atoms. The number of fused-ring (bicyclic) bond motifs is 6. The molecule has 0 aliphatic heterocycles. The van der Waals surface area contributed by atoms with E-state index in [2.05, 4.69) is 30.4 Å². The molecule has 2 heteroatoms. The molecule has 5 rings (SSSR count). The van der Waals surface area contributed by atoms with Gasteiger partial charge in [0.25, 0.3) is 0 Å². The van der Waals surface area contributed by atoms with Crippen LogP contribution in [0, 0.1) is 11.8 Å². The van der Waals surface area contributed by atoms with E-state index in [9.17, 15) is 4.79 Å². The van der Waals surface area contributed by atoms with Crippen molar-refractivity contribution in [2.24, 2.45) is 11.8 Å². The maximum atomic E-state index is 12.5. The first-order valence-electron chi connectivity index (χ1n) is 8.21. The number of Topliss-reactive ketones (excluding diaryl/α,β-unsaturated/α-hetero) is 1. The van der Waals surface area contributed by atoms with Crippen molar-refractivity contribution in [1.29, 1.82) is 0 Å². The summed E-state index contributed by atoms with van der Waals surface area (Å²) in [4.78, 5) is 12.5. The Morgan fingerprint density at radius 1 is 1.09 bits per heavy atom. The van der Waals surface area contributed by atoms with Gasteiger partial charge in [0.1, 0.15) is 0 Å². The lowest BCUT2D eigenvalue weighted by molar-refractivity contribution is 0.0944. The molecule has 2 N–H and O–H groups in total. The van der Waals surface area contributed by atoms with Gasteiger partial charge in [-0.25, -0.2) is 0 Å². The summed E-state index contributed by atoms with van der Waals surface area (Å²) in [5.41, 5.74) is 9.12. The minimum atomic E-state index is 0.207. The lowest BCUT2D eigenvalue weighted by atomic mass is 9.62. The molecule has 22 heavy (non-hydrogen) atoms. The van der Waals surface area contributed by atoms with Gasteiger partial charge >= 0.3 is 0 Å². The van der Waals surface area contributed by atoms with E-state index in [0.29, 0.717) is 24.0 Å². The van der Waals surface area contributed by atoms with Crippen molar-refractivity contribution >= 4 is 22.2 Å². The molecule has 0 aromatic heterocycles. The van der Waals surface area contributed by atoms with Crippen LogP contribution in [-0.2, 0) is 5.41 Å². The van der Waals surface area contributed by atoms with E-state index < -0.39 is 0 Å². The Bertz CT molecular complexity index is 850. The van der Waals surface area contributed by atoms with Gasteiger partial charge in [-0.1, -0.05) is 18.2 Å². The van der Waals surface area contributed by atoms with Gasteiger partial charge in [-0.3, -0.25) is 4.79 Å². The van der Waals surface area contributed by atoms with Crippen LogP contribution in [-0.4, -0.2) is 5.78 Å². The van der Waals surface area contributed by atoms with Gasteiger partial charge in [-0.05, 0) is 71.7 Å². The number of anilines is 1. The van der Waals surface area contributed by atoms with Crippen LogP contribution in [0.4, 0.5) is 5.69 Å². The monoisotopic (exact) mass is 289 g/mol. The third-order valence-electron chi connectivity index (χ3n) is 6.14. The predicted molar refractivity (Wildman–Crippen MR) is 89.0 cm³/mol. The van der Waals surface area contributed by atoms with E-state index in [-0.39, 0.29) is 5.41 Å². The first kappa shape index (κ1) is 12.5. The second kappa shape index (κ2) is 4.01. The Balaban J connectivity index is 1.79. The molecule has 2 bridgehead atoms. The Morgan fingerprint density at radius 3 is 2.77 bits per heavy atom. The fourth-order valence-electron chi connectivity index (χ4n) is 5.12. The molecule has 1 saturated carbocycles. The highest BCUT2D eigenvalue weighted by Gasteiger charge is 2.52. The highest BCUT2D eigenvalue weighted by Crippen LogP contribution is 2.58. The smallest absolute Gasteiger partial charge is 0.163 e. The van der Waals surface area contributed by atoms with Gasteiger partial charge < -0.3 is 5.73 Å². The largest absolute Gasteiger partial charge is 0.399 e. The van der Waals surface area contributed by atoms with Crippen molar-refractivity contribution in [1.82, 2.24) is 0 Å². The number of nitrogens with two attached hydrogens (primary N) is 1. The molecule has 2 nitrogen and oxygen atoms in total. The van der Waals surface area contributed by atoms with Gasteiger partial charge in [0.15, 0.2) is 5.78 Å². The number of carbonyl (C=O) groups excluding carboxylic acids is 1. The number of hydrogen-bond acceptors (Lipinski definition) is 2. The lowest BCUT2D eigenvalue weighted by Crippen LogP contribution is -2.36. The molecule has 2 aromatic rings. The fourth-order valence-corrected chi connectivity index (χ4v) is 5.12. The van der Waals surface area contributed by atoms with E-state index in [1.165, 1.54) is 23.8 Å². The van der Waals surface area contributed by atoms with Crippen LogP contribution >= 0.6 is 0 Å². The molecule has 2 aromatic carbocycles. The van der Waals surface area contributed by atoms with E-state index in [0.717, 1.165) is 23.1 Å². The number of ketones is 1. The molecule has 3 unspecified atom stereocenters. The SMILES string of the molecule is Nc1ccc2cc3c(cc2c1)C(=O)CCC31CC2C=CC1C2. The first-order chi connectivity index (χ1) is 10.7. The molecule has 0 saturated heterocycles. The van der Waals surface area contributed by atoms with Gasteiger partial charge in [0.2, 0.25) is 0 Å². The zero-order valence-corrected chi connectivity index (χ0v) is 12.5. The van der Waals surface area contributed by atoms with E-state index >= 15 is 0 Å². The highest BCUT2D eigenvalue weighted by molar-refractivity contribution is 6.03. The van der Waals surface area contributed by atoms with Crippen LogP contribution in [0.3, 0.4) is 0 Å². The summed E-state index contributed by atoms with van der Waals surface area (Å²) in [6, 6.07) is 10.4. The summed E-state index contributed by atoms with van der Waals surface area (Å²) >= 11 is 0. The molecule has 0 heterocycles. The Morgan fingerprint density at radius 2 is 2.00 bits per heavy atom. The van der Waals surface area contributed by atoms with Gasteiger partial charge in [0.05, 0.1) is 0 Å². The number of nitrogen functional groups attached to an aromatic ring is 1. The topological polar surface area (TPSA) is 43.1 Å². The van der Waals surface area contributed by atoms with Gasteiger partial charge in [-0.15, -0.1) is 0 Å². The average molecular weight is 289 g/mol. The summed E-state index contributed by atoms with van der Waals surface area (Å²) in [5, 5.41) is 2.29. The Kier molecular flexibility index (Phi) is 2.27. The van der Waals surface area contributed by atoms with Crippen LogP contribution in [0.15, 0.2) is 42.5 Å². The van der Waals surface area contributed by atoms with Crippen LogP contribution < -0.4 is 5.73 Å². The van der Waals surface area contributed by atoms with Crippen molar-refractivity contribution in [3.05, 3.63) is 53.6 Å². The van der Waals surface area contributed by atoms with Crippen LogP contribution in [0.1, 0.15) is 41.6 Å². The van der Waals surface area contributed by atoms with Crippen LogP contribution in [0.2, 0.25) is 0 Å². The normalized spacial score (nSPS) is 32.1. The van der Waals surface area contributed by atoms with E-state index in [1.807, 2.05) is 12.1 Å². The second-order valence-electron chi connectivity index (χ2n) is 7.27. The molecule has 3 aliphatic carbocycles. The molecule has 110 valence electrons. The quantitative estimate of drug-likeness (QED) is 0.582. The third-order valence-corrected chi connectivity index (χ3v) is 6.14. The fraction of sp³-hybridized carbons (Fsp3) is 0.350. The van der Waals surface area contributed by atoms with Crippen LogP contribution in [0.5, 0.6) is 0 Å². The van der Waals surface area contributed by atoms with Crippen molar-refractivity contribution in [3.63, 3.8) is 0 Å². The van der Waals surface area contributed by atoms with Crippen LogP contribution in [0.25, 0.3) is 10.8 Å². The van der Waals surface area contributed by atoms with Crippen molar-refractivity contribution in [2.45, 2.75) is 31.1 Å². The standard InChI is InChI=1S/C20H19NO/c21-16-4-2-13-10-18-17(9-14(13)8-16)19(22)5-6-20(18)11-12-1-3-15(20)7-12/h1-4,8-10,12,15H,5-7,11,21H2. The van der Waals surface area contributed by atoms with E-state index in [1.54, 1.807) is 0 Å². The molecule has 0 amide bonds. The van der Waals surface area contributed by atoms with Gasteiger partial charge in [-0.2, -0.15) is 0 Å². The number of carbonyl (C=O) groups is 1. The lowest BCUT2D eigenvalue weighted by Gasteiger charge is -2.40. The zero-order chi connectivity index (χ0) is 14.9. The molecular formula is C20H19NO. The number of hydrogen-bond donors (Lipinski definition) is 1.